The molecule has 5 nitrogen and oxygen atoms in total. The molecule has 0 N–H and O–H groups in total. The van der Waals surface area contributed by atoms with E-state index in [0.29, 0.717) is 22.9 Å². The summed E-state index contributed by atoms with van der Waals surface area (Å²) in [4.78, 5) is 19.1. The molecule has 26 heavy (non-hydrogen) atoms. The van der Waals surface area contributed by atoms with E-state index in [4.69, 9.17) is 16.3 Å². The highest BCUT2D eigenvalue weighted by Gasteiger charge is 2.20. The smallest absolute Gasteiger partial charge is 0.257 e. The van der Waals surface area contributed by atoms with Crippen LogP contribution in [0.2, 0.25) is 5.02 Å². The van der Waals surface area contributed by atoms with Gasteiger partial charge < -0.3 is 14.2 Å². The van der Waals surface area contributed by atoms with E-state index in [9.17, 15) is 4.79 Å². The van der Waals surface area contributed by atoms with Crippen molar-refractivity contribution in [2.75, 3.05) is 14.2 Å². The number of rotatable bonds is 6. The van der Waals surface area contributed by atoms with Gasteiger partial charge in [0.15, 0.2) is 0 Å². The Labute approximate surface area is 161 Å². The fourth-order valence-electron chi connectivity index (χ4n) is 2.68. The van der Waals surface area contributed by atoms with E-state index < -0.39 is 0 Å². The Kier molecular flexibility index (Phi) is 5.64. The second kappa shape index (κ2) is 7.93. The molecule has 1 aromatic carbocycles. The van der Waals surface area contributed by atoms with E-state index in [1.165, 1.54) is 0 Å². The third-order valence-electron chi connectivity index (χ3n) is 4.03. The molecule has 0 bridgehead atoms. The molecule has 2 heterocycles. The number of benzene rings is 1. The van der Waals surface area contributed by atoms with E-state index in [1.807, 2.05) is 34.5 Å². The Hall–Kier alpha value is -2.31. The lowest BCUT2D eigenvalue weighted by Crippen LogP contribution is -2.27. The molecule has 0 saturated carbocycles. The molecule has 7 heteroatoms. The first-order valence-electron chi connectivity index (χ1n) is 8.23. The molecule has 2 aromatic heterocycles. The van der Waals surface area contributed by atoms with E-state index in [2.05, 4.69) is 11.9 Å². The minimum atomic E-state index is -0.158. The number of halogens is 1. The van der Waals surface area contributed by atoms with Crippen LogP contribution in [0, 0.1) is 0 Å². The average Bonchev–Trinajstić information content (AvgIpc) is 3.32. The third kappa shape index (κ3) is 3.76. The van der Waals surface area contributed by atoms with E-state index in [-0.39, 0.29) is 5.91 Å². The van der Waals surface area contributed by atoms with Crippen molar-refractivity contribution in [2.24, 2.45) is 0 Å². The number of methoxy groups -OCH3 is 1. The summed E-state index contributed by atoms with van der Waals surface area (Å²) in [7, 11) is 3.30. The van der Waals surface area contributed by atoms with Gasteiger partial charge in [0.1, 0.15) is 5.75 Å². The molecular formula is C19H20ClN3O2S. The number of carbonyl (C=O) groups excluding carboxylic acids is 1. The normalized spacial score (nSPS) is 10.8. The second-order valence-corrected chi connectivity index (χ2v) is 7.19. The Bertz CT molecular complexity index is 906. The maximum absolute atomic E-state index is 12.9. The van der Waals surface area contributed by atoms with Crippen molar-refractivity contribution in [3.63, 3.8) is 0 Å². The molecule has 3 aromatic rings. The van der Waals surface area contributed by atoms with Gasteiger partial charge in [0.05, 0.1) is 40.6 Å². The topological polar surface area (TPSA) is 47.4 Å². The molecule has 0 atom stereocenters. The Morgan fingerprint density at radius 2 is 2.08 bits per heavy atom. The van der Waals surface area contributed by atoms with Gasteiger partial charge in [0, 0.05) is 30.9 Å². The molecule has 1 amide bonds. The lowest BCUT2D eigenvalue weighted by atomic mass is 10.1. The van der Waals surface area contributed by atoms with Gasteiger partial charge in [0.2, 0.25) is 0 Å². The van der Waals surface area contributed by atoms with Gasteiger partial charge >= 0.3 is 0 Å². The van der Waals surface area contributed by atoms with Crippen LogP contribution in [0.1, 0.15) is 28.0 Å². The monoisotopic (exact) mass is 389 g/mol. The first-order valence-corrected chi connectivity index (χ1v) is 9.48. The van der Waals surface area contributed by atoms with Crippen molar-refractivity contribution >= 4 is 28.8 Å². The van der Waals surface area contributed by atoms with Crippen LogP contribution in [0.25, 0.3) is 5.69 Å². The van der Waals surface area contributed by atoms with Crippen LogP contribution in [0.3, 0.4) is 0 Å². The van der Waals surface area contributed by atoms with Gasteiger partial charge in [-0.3, -0.25) is 4.79 Å². The zero-order valence-electron chi connectivity index (χ0n) is 14.9. The summed E-state index contributed by atoms with van der Waals surface area (Å²) < 4.78 is 7.33. The highest BCUT2D eigenvalue weighted by atomic mass is 35.5. The Morgan fingerprint density at radius 3 is 2.69 bits per heavy atom. The number of nitrogens with zero attached hydrogens (tertiary/aromatic N) is 3. The van der Waals surface area contributed by atoms with Crippen molar-refractivity contribution in [1.29, 1.82) is 0 Å². The zero-order valence-corrected chi connectivity index (χ0v) is 16.5. The van der Waals surface area contributed by atoms with E-state index in [1.54, 1.807) is 42.5 Å². The van der Waals surface area contributed by atoms with Crippen LogP contribution < -0.4 is 4.74 Å². The summed E-state index contributed by atoms with van der Waals surface area (Å²) in [6.07, 6.45) is 4.68. The number of aromatic nitrogens is 2. The van der Waals surface area contributed by atoms with Gasteiger partial charge in [-0.25, -0.2) is 4.98 Å². The quantitative estimate of drug-likeness (QED) is 0.626. The van der Waals surface area contributed by atoms with Gasteiger partial charge in [-0.15, -0.1) is 11.3 Å². The second-order valence-electron chi connectivity index (χ2n) is 5.84. The van der Waals surface area contributed by atoms with Crippen LogP contribution in [-0.4, -0.2) is 34.5 Å². The summed E-state index contributed by atoms with van der Waals surface area (Å²) in [6.45, 7) is 2.51. The van der Waals surface area contributed by atoms with Gasteiger partial charge in [-0.2, -0.15) is 0 Å². The van der Waals surface area contributed by atoms with Crippen LogP contribution in [0.15, 0.2) is 42.0 Å². The molecule has 0 fully saturated rings. The Morgan fingerprint density at radius 1 is 1.35 bits per heavy atom. The average molecular weight is 390 g/mol. The lowest BCUT2D eigenvalue weighted by molar-refractivity contribution is 0.0780. The zero-order chi connectivity index (χ0) is 18.7. The molecule has 0 spiro atoms. The maximum atomic E-state index is 12.9. The largest absolute Gasteiger partial charge is 0.496 e. The molecule has 0 unspecified atom stereocenters. The molecule has 0 aliphatic heterocycles. The van der Waals surface area contributed by atoms with Crippen LogP contribution in [0.5, 0.6) is 5.75 Å². The number of carbonyl (C=O) groups is 1. The number of amides is 1. The van der Waals surface area contributed by atoms with Crippen molar-refractivity contribution in [1.82, 2.24) is 14.5 Å². The highest BCUT2D eigenvalue weighted by molar-refractivity contribution is 7.09. The minimum absolute atomic E-state index is 0.158. The van der Waals surface area contributed by atoms with Crippen LogP contribution in [0.4, 0.5) is 0 Å². The summed E-state index contributed by atoms with van der Waals surface area (Å²) in [5.74, 6) is 0.330. The maximum Gasteiger partial charge on any atom is 0.257 e. The number of ether oxygens (including phenoxy) is 1. The molecule has 136 valence electrons. The molecule has 0 aliphatic carbocycles. The SMILES string of the molecule is CCc1nc(CN(C)C(=O)c2cc(Cl)c(-n3cccc3)cc2OC)cs1. The molecular weight excluding hydrogens is 370 g/mol. The molecule has 0 saturated heterocycles. The molecule has 0 radical (unpaired) electrons. The number of aryl methyl sites for hydroxylation is 1. The lowest BCUT2D eigenvalue weighted by Gasteiger charge is -2.19. The standard InChI is InChI=1S/C19H20ClN3O2S/c1-4-18-21-13(12-26-18)11-22(2)19(24)14-9-15(20)16(10-17(14)25-3)23-7-5-6-8-23/h5-10,12H,4,11H2,1-3H3. The fraction of sp³-hybridized carbons (Fsp3) is 0.263. The number of thiazole rings is 1. The predicted molar refractivity (Wildman–Crippen MR) is 105 cm³/mol. The summed E-state index contributed by atoms with van der Waals surface area (Å²) >= 11 is 8.04. The summed E-state index contributed by atoms with van der Waals surface area (Å²) in [6, 6.07) is 7.26. The van der Waals surface area contributed by atoms with Crippen molar-refractivity contribution in [2.45, 2.75) is 19.9 Å². The van der Waals surface area contributed by atoms with Crippen molar-refractivity contribution < 1.29 is 9.53 Å². The number of hydrogen-bond acceptors (Lipinski definition) is 4. The first-order chi connectivity index (χ1) is 12.5. The van der Waals surface area contributed by atoms with Crippen molar-refractivity contribution in [3.8, 4) is 11.4 Å². The van der Waals surface area contributed by atoms with Crippen LogP contribution >= 0.6 is 22.9 Å². The first kappa shape index (κ1) is 18.5. The number of hydrogen-bond donors (Lipinski definition) is 0. The summed E-state index contributed by atoms with van der Waals surface area (Å²) in [5, 5.41) is 3.54. The fourth-order valence-corrected chi connectivity index (χ4v) is 3.67. The van der Waals surface area contributed by atoms with E-state index >= 15 is 0 Å². The molecule has 3 rings (SSSR count). The van der Waals surface area contributed by atoms with Gasteiger partial charge in [0.25, 0.3) is 5.91 Å². The van der Waals surface area contributed by atoms with Gasteiger partial charge in [-0.05, 0) is 24.6 Å². The highest BCUT2D eigenvalue weighted by Crippen LogP contribution is 2.31. The summed E-state index contributed by atoms with van der Waals surface area (Å²) in [5.41, 5.74) is 2.08. The predicted octanol–water partition coefficient (Wildman–Crippen LogP) is 4.43. The van der Waals surface area contributed by atoms with Gasteiger partial charge in [-0.1, -0.05) is 18.5 Å². The third-order valence-corrected chi connectivity index (χ3v) is 5.37. The molecule has 0 aliphatic rings. The minimum Gasteiger partial charge on any atom is -0.496 e. The van der Waals surface area contributed by atoms with Crippen LogP contribution in [-0.2, 0) is 13.0 Å². The van der Waals surface area contributed by atoms with E-state index in [0.717, 1.165) is 22.8 Å². The Balaban J connectivity index is 1.87. The van der Waals surface area contributed by atoms with Crippen molar-refractivity contribution in [3.05, 3.63) is 63.3 Å².